The van der Waals surface area contributed by atoms with E-state index in [2.05, 4.69) is 36.1 Å². The molecule has 26 heavy (non-hydrogen) atoms. The first kappa shape index (κ1) is 18.6. The van der Waals surface area contributed by atoms with Gasteiger partial charge in [0.1, 0.15) is 0 Å². The van der Waals surface area contributed by atoms with Crippen LogP contribution in [-0.4, -0.2) is 41.6 Å². The van der Waals surface area contributed by atoms with Gasteiger partial charge in [0, 0.05) is 37.3 Å². The van der Waals surface area contributed by atoms with Gasteiger partial charge < -0.3 is 9.84 Å². The highest BCUT2D eigenvalue weighted by molar-refractivity contribution is 5.93. The first-order valence-electron chi connectivity index (χ1n) is 9.48. The summed E-state index contributed by atoms with van der Waals surface area (Å²) in [6.45, 7) is 11.6. The van der Waals surface area contributed by atoms with Crippen molar-refractivity contribution in [2.75, 3.05) is 19.6 Å². The van der Waals surface area contributed by atoms with Crippen molar-refractivity contribution < 1.29 is 9.32 Å². The summed E-state index contributed by atoms with van der Waals surface area (Å²) in [5.41, 5.74) is 2.43. The number of benzene rings is 1. The third-order valence-corrected chi connectivity index (χ3v) is 5.16. The maximum Gasteiger partial charge on any atom is 0.273 e. The minimum atomic E-state index is -0.183. The quantitative estimate of drug-likeness (QED) is 0.887. The number of aryl methyl sites for hydroxylation is 1. The van der Waals surface area contributed by atoms with Crippen LogP contribution < -0.4 is 5.32 Å². The highest BCUT2D eigenvalue weighted by atomic mass is 16.5. The molecule has 1 aromatic heterocycles. The fraction of sp³-hybridized carbons (Fsp3) is 0.524. The molecule has 3 atom stereocenters. The number of hydrogen-bond acceptors (Lipinski definition) is 4. The lowest BCUT2D eigenvalue weighted by atomic mass is 9.91. The van der Waals surface area contributed by atoms with Gasteiger partial charge in [0.2, 0.25) is 0 Å². The summed E-state index contributed by atoms with van der Waals surface area (Å²) in [6, 6.07) is 9.99. The molecule has 5 nitrogen and oxygen atoms in total. The van der Waals surface area contributed by atoms with Gasteiger partial charge in [-0.25, -0.2) is 0 Å². The van der Waals surface area contributed by atoms with Gasteiger partial charge in [-0.3, -0.25) is 9.69 Å². The number of nitrogens with one attached hydrogen (secondary N) is 1. The summed E-state index contributed by atoms with van der Waals surface area (Å²) < 4.78 is 5.34. The molecule has 1 saturated heterocycles. The van der Waals surface area contributed by atoms with Crippen molar-refractivity contribution in [3.8, 4) is 11.3 Å². The van der Waals surface area contributed by atoms with Crippen LogP contribution in [0.1, 0.15) is 43.2 Å². The fourth-order valence-corrected chi connectivity index (χ4v) is 3.77. The van der Waals surface area contributed by atoms with Gasteiger partial charge in [0.05, 0.1) is 0 Å². The first-order chi connectivity index (χ1) is 12.4. The van der Waals surface area contributed by atoms with Crippen LogP contribution >= 0.6 is 0 Å². The normalized spacial score (nSPS) is 22.2. The van der Waals surface area contributed by atoms with Gasteiger partial charge in [-0.15, -0.1) is 0 Å². The number of piperidine rings is 1. The summed E-state index contributed by atoms with van der Waals surface area (Å²) in [6.07, 6.45) is 1.29. The molecule has 3 rings (SSSR count). The average Bonchev–Trinajstić information content (AvgIpc) is 3.09. The number of likely N-dealkylation sites (tertiary alicyclic amines) is 1. The Morgan fingerprint density at radius 1 is 1.27 bits per heavy atom. The molecule has 1 aromatic carbocycles. The Labute approximate surface area is 155 Å². The topological polar surface area (TPSA) is 58.4 Å². The van der Waals surface area contributed by atoms with Gasteiger partial charge in [0.25, 0.3) is 5.91 Å². The number of aromatic nitrogens is 1. The van der Waals surface area contributed by atoms with E-state index in [1.54, 1.807) is 6.07 Å². The first-order valence-corrected chi connectivity index (χ1v) is 9.48. The molecule has 1 N–H and O–H groups in total. The molecular weight excluding hydrogens is 326 g/mol. The van der Waals surface area contributed by atoms with E-state index in [4.69, 9.17) is 4.52 Å². The van der Waals surface area contributed by atoms with Crippen LogP contribution in [0.15, 0.2) is 34.9 Å². The smallest absolute Gasteiger partial charge is 0.273 e. The second-order valence-electron chi connectivity index (χ2n) is 7.90. The third kappa shape index (κ3) is 4.52. The van der Waals surface area contributed by atoms with Crippen molar-refractivity contribution in [2.24, 2.45) is 11.8 Å². The Balaban J connectivity index is 1.56. The van der Waals surface area contributed by atoms with Crippen molar-refractivity contribution >= 4 is 5.91 Å². The lowest BCUT2D eigenvalue weighted by molar-refractivity contribution is 0.0862. The number of carbonyl (C=O) groups is 1. The average molecular weight is 355 g/mol. The lowest BCUT2D eigenvalue weighted by Gasteiger charge is -2.38. The van der Waals surface area contributed by atoms with E-state index < -0.39 is 0 Å². The predicted octanol–water partition coefficient (Wildman–Crippen LogP) is 3.75. The second-order valence-corrected chi connectivity index (χ2v) is 7.90. The standard InChI is InChI=1S/C21H29N3O2/c1-14-5-7-18(8-6-14)20-10-19(23-26-20)21(25)22-11-17(4)24-12-15(2)9-16(3)13-24/h5-8,10,15-17H,9,11-13H2,1-4H3,(H,22,25)/t15-,16-,17-/m0/s1. The van der Waals surface area contributed by atoms with E-state index >= 15 is 0 Å². The van der Waals surface area contributed by atoms with Crippen LogP contribution in [0.4, 0.5) is 0 Å². The van der Waals surface area contributed by atoms with Crippen LogP contribution in [-0.2, 0) is 0 Å². The molecule has 0 aliphatic carbocycles. The Morgan fingerprint density at radius 2 is 1.92 bits per heavy atom. The summed E-state index contributed by atoms with van der Waals surface area (Å²) in [5, 5.41) is 6.93. The zero-order valence-electron chi connectivity index (χ0n) is 16.2. The lowest BCUT2D eigenvalue weighted by Crippen LogP contribution is -2.48. The van der Waals surface area contributed by atoms with Crippen LogP contribution in [0.2, 0.25) is 0 Å². The number of rotatable bonds is 5. The molecule has 1 aliphatic heterocycles. The van der Waals surface area contributed by atoms with Gasteiger partial charge in [-0.1, -0.05) is 48.8 Å². The number of nitrogens with zero attached hydrogens (tertiary/aromatic N) is 2. The van der Waals surface area contributed by atoms with E-state index in [1.807, 2.05) is 31.2 Å². The molecule has 5 heteroatoms. The van der Waals surface area contributed by atoms with Gasteiger partial charge in [-0.05, 0) is 32.1 Å². The van der Waals surface area contributed by atoms with Crippen molar-refractivity contribution in [1.82, 2.24) is 15.4 Å². The van der Waals surface area contributed by atoms with Crippen molar-refractivity contribution in [3.05, 3.63) is 41.6 Å². The van der Waals surface area contributed by atoms with E-state index in [0.29, 0.717) is 35.9 Å². The molecule has 1 aliphatic rings. The van der Waals surface area contributed by atoms with Crippen molar-refractivity contribution in [3.63, 3.8) is 0 Å². The van der Waals surface area contributed by atoms with E-state index in [9.17, 15) is 4.79 Å². The third-order valence-electron chi connectivity index (χ3n) is 5.16. The number of amides is 1. The minimum absolute atomic E-state index is 0.183. The molecule has 0 saturated carbocycles. The Hall–Kier alpha value is -2.14. The van der Waals surface area contributed by atoms with Crippen LogP contribution in [0.5, 0.6) is 0 Å². The van der Waals surface area contributed by atoms with E-state index in [0.717, 1.165) is 18.7 Å². The molecular formula is C21H29N3O2. The molecule has 0 bridgehead atoms. The van der Waals surface area contributed by atoms with Crippen LogP contribution in [0.25, 0.3) is 11.3 Å². The van der Waals surface area contributed by atoms with E-state index in [-0.39, 0.29) is 5.91 Å². The van der Waals surface area contributed by atoms with E-state index in [1.165, 1.54) is 12.0 Å². The Kier molecular flexibility index (Phi) is 5.77. The van der Waals surface area contributed by atoms with Crippen molar-refractivity contribution in [1.29, 1.82) is 0 Å². The zero-order valence-corrected chi connectivity index (χ0v) is 16.2. The molecule has 1 fully saturated rings. The molecule has 0 spiro atoms. The van der Waals surface area contributed by atoms with Crippen molar-refractivity contribution in [2.45, 2.75) is 40.2 Å². The minimum Gasteiger partial charge on any atom is -0.355 e. The highest BCUT2D eigenvalue weighted by Crippen LogP contribution is 2.23. The number of hydrogen-bond donors (Lipinski definition) is 1. The molecule has 140 valence electrons. The second kappa shape index (κ2) is 8.04. The van der Waals surface area contributed by atoms with Gasteiger partial charge in [0.15, 0.2) is 11.5 Å². The van der Waals surface area contributed by atoms with Crippen LogP contribution in [0.3, 0.4) is 0 Å². The fourth-order valence-electron chi connectivity index (χ4n) is 3.77. The predicted molar refractivity (Wildman–Crippen MR) is 103 cm³/mol. The molecule has 2 heterocycles. The summed E-state index contributed by atoms with van der Waals surface area (Å²) in [5.74, 6) is 1.85. The largest absolute Gasteiger partial charge is 0.355 e. The Bertz CT molecular complexity index is 728. The highest BCUT2D eigenvalue weighted by Gasteiger charge is 2.25. The summed E-state index contributed by atoms with van der Waals surface area (Å²) in [4.78, 5) is 14.9. The zero-order chi connectivity index (χ0) is 18.7. The van der Waals surface area contributed by atoms with Gasteiger partial charge in [-0.2, -0.15) is 0 Å². The van der Waals surface area contributed by atoms with Gasteiger partial charge >= 0.3 is 0 Å². The summed E-state index contributed by atoms with van der Waals surface area (Å²) >= 11 is 0. The molecule has 2 aromatic rings. The number of carbonyl (C=O) groups excluding carboxylic acids is 1. The maximum absolute atomic E-state index is 12.4. The SMILES string of the molecule is Cc1ccc(-c2cc(C(=O)NC[C@H](C)N3C[C@@H](C)C[C@H](C)C3)no2)cc1. The van der Waals surface area contributed by atoms with Crippen LogP contribution in [0, 0.1) is 18.8 Å². The molecule has 0 unspecified atom stereocenters. The monoisotopic (exact) mass is 355 g/mol. The molecule has 0 radical (unpaired) electrons. The molecule has 1 amide bonds. The Morgan fingerprint density at radius 3 is 2.58 bits per heavy atom. The summed E-state index contributed by atoms with van der Waals surface area (Å²) in [7, 11) is 0. The maximum atomic E-state index is 12.4.